The van der Waals surface area contributed by atoms with Crippen molar-refractivity contribution in [2.24, 2.45) is 5.92 Å². The largest absolute Gasteiger partial charge is 0.397 e. The van der Waals surface area contributed by atoms with Gasteiger partial charge in [-0.1, -0.05) is 26.0 Å². The van der Waals surface area contributed by atoms with Crippen molar-refractivity contribution in [1.29, 1.82) is 0 Å². The van der Waals surface area contributed by atoms with Crippen LogP contribution in [0, 0.1) is 5.92 Å². The Labute approximate surface area is 91.3 Å². The van der Waals surface area contributed by atoms with Crippen molar-refractivity contribution in [3.63, 3.8) is 0 Å². The number of nitrogens with two attached hydrogens (primary N) is 1. The molecule has 0 amide bonds. The van der Waals surface area contributed by atoms with Crippen LogP contribution in [-0.2, 0) is 0 Å². The zero-order valence-electron chi connectivity index (χ0n) is 9.40. The van der Waals surface area contributed by atoms with E-state index in [1.165, 1.54) is 0 Å². The molecule has 0 fully saturated rings. The van der Waals surface area contributed by atoms with E-state index in [1.54, 1.807) is 0 Å². The first-order chi connectivity index (χ1) is 7.13. The monoisotopic (exact) mass is 208 g/mol. The minimum atomic E-state index is 0.0784. The van der Waals surface area contributed by atoms with Crippen molar-refractivity contribution in [3.8, 4) is 0 Å². The second kappa shape index (κ2) is 5.61. The fraction of sp³-hybridized carbons (Fsp3) is 0.500. The fourth-order valence-electron chi connectivity index (χ4n) is 1.60. The second-order valence-electron chi connectivity index (χ2n) is 4.24. The highest BCUT2D eigenvalue weighted by atomic mass is 16.3. The molecular weight excluding hydrogens is 188 g/mol. The lowest BCUT2D eigenvalue weighted by molar-refractivity contribution is 0.259. The van der Waals surface area contributed by atoms with Gasteiger partial charge in [0.2, 0.25) is 0 Å². The van der Waals surface area contributed by atoms with Crippen molar-refractivity contribution in [2.75, 3.05) is 17.7 Å². The van der Waals surface area contributed by atoms with Gasteiger partial charge >= 0.3 is 0 Å². The molecule has 0 unspecified atom stereocenters. The minimum absolute atomic E-state index is 0.0784. The Morgan fingerprint density at radius 2 is 2.00 bits per heavy atom. The fourth-order valence-corrected chi connectivity index (χ4v) is 1.60. The number of hydrogen-bond acceptors (Lipinski definition) is 3. The normalized spacial score (nSPS) is 12.8. The first-order valence-corrected chi connectivity index (χ1v) is 5.35. The average Bonchev–Trinajstić information content (AvgIpc) is 2.19. The SMILES string of the molecule is CC(C)C[C@H](CO)Nc1ccccc1N. The van der Waals surface area contributed by atoms with Crippen molar-refractivity contribution < 1.29 is 5.11 Å². The van der Waals surface area contributed by atoms with E-state index in [0.29, 0.717) is 5.92 Å². The van der Waals surface area contributed by atoms with E-state index in [-0.39, 0.29) is 12.6 Å². The number of benzene rings is 1. The molecule has 1 atom stereocenters. The van der Waals surface area contributed by atoms with E-state index in [2.05, 4.69) is 19.2 Å². The minimum Gasteiger partial charge on any atom is -0.397 e. The lowest BCUT2D eigenvalue weighted by Gasteiger charge is -2.20. The summed E-state index contributed by atoms with van der Waals surface area (Å²) in [5.74, 6) is 0.555. The summed E-state index contributed by atoms with van der Waals surface area (Å²) < 4.78 is 0. The van der Waals surface area contributed by atoms with E-state index < -0.39 is 0 Å². The third-order valence-electron chi connectivity index (χ3n) is 2.30. The van der Waals surface area contributed by atoms with E-state index in [1.807, 2.05) is 24.3 Å². The number of anilines is 2. The molecule has 0 bridgehead atoms. The van der Waals surface area contributed by atoms with E-state index in [0.717, 1.165) is 17.8 Å². The van der Waals surface area contributed by atoms with Crippen molar-refractivity contribution in [1.82, 2.24) is 0 Å². The Morgan fingerprint density at radius 3 is 2.53 bits per heavy atom. The molecule has 0 heterocycles. The van der Waals surface area contributed by atoms with Crippen molar-refractivity contribution >= 4 is 11.4 Å². The molecule has 15 heavy (non-hydrogen) atoms. The van der Waals surface area contributed by atoms with Crippen LogP contribution in [0.25, 0.3) is 0 Å². The Hall–Kier alpha value is -1.22. The molecule has 1 aromatic carbocycles. The van der Waals surface area contributed by atoms with Crippen LogP contribution in [0.4, 0.5) is 11.4 Å². The Kier molecular flexibility index (Phi) is 4.43. The maximum Gasteiger partial charge on any atom is 0.0632 e. The van der Waals surface area contributed by atoms with Crippen LogP contribution in [0.3, 0.4) is 0 Å². The van der Waals surface area contributed by atoms with Gasteiger partial charge in [0.15, 0.2) is 0 Å². The summed E-state index contributed by atoms with van der Waals surface area (Å²) in [6.07, 6.45) is 0.935. The predicted octanol–water partition coefficient (Wildman–Crippen LogP) is 2.09. The van der Waals surface area contributed by atoms with Gasteiger partial charge in [0.05, 0.1) is 18.0 Å². The average molecular weight is 208 g/mol. The van der Waals surface area contributed by atoms with E-state index in [4.69, 9.17) is 5.73 Å². The first kappa shape index (κ1) is 11.9. The summed E-state index contributed by atoms with van der Waals surface area (Å²) in [4.78, 5) is 0. The molecule has 4 N–H and O–H groups in total. The van der Waals surface area contributed by atoms with Crippen LogP contribution in [-0.4, -0.2) is 17.8 Å². The van der Waals surface area contributed by atoms with E-state index in [9.17, 15) is 5.11 Å². The highest BCUT2D eigenvalue weighted by molar-refractivity contribution is 5.65. The van der Waals surface area contributed by atoms with Gasteiger partial charge in [0.1, 0.15) is 0 Å². The molecule has 0 saturated carbocycles. The number of rotatable bonds is 5. The molecule has 0 aliphatic rings. The maximum absolute atomic E-state index is 9.22. The molecule has 0 saturated heterocycles. The molecule has 0 spiro atoms. The van der Waals surface area contributed by atoms with Gasteiger partial charge in [0, 0.05) is 6.04 Å². The maximum atomic E-state index is 9.22. The molecule has 1 aromatic rings. The molecule has 1 rings (SSSR count). The zero-order chi connectivity index (χ0) is 11.3. The lowest BCUT2D eigenvalue weighted by atomic mass is 10.0. The first-order valence-electron chi connectivity index (χ1n) is 5.35. The number of aliphatic hydroxyl groups excluding tert-OH is 1. The molecule has 84 valence electrons. The summed E-state index contributed by atoms with van der Waals surface area (Å²) in [6, 6.07) is 7.69. The third kappa shape index (κ3) is 3.80. The topological polar surface area (TPSA) is 58.3 Å². The number of aliphatic hydroxyl groups is 1. The summed E-state index contributed by atoms with van der Waals surface area (Å²) in [6.45, 7) is 4.41. The molecule has 0 aliphatic heterocycles. The van der Waals surface area contributed by atoms with Gasteiger partial charge in [-0.15, -0.1) is 0 Å². The second-order valence-corrected chi connectivity index (χ2v) is 4.24. The van der Waals surface area contributed by atoms with Crippen LogP contribution >= 0.6 is 0 Å². The molecular formula is C12H20N2O. The number of para-hydroxylation sites is 2. The summed E-state index contributed by atoms with van der Waals surface area (Å²) >= 11 is 0. The predicted molar refractivity (Wildman–Crippen MR) is 64.8 cm³/mol. The zero-order valence-corrected chi connectivity index (χ0v) is 9.40. The number of hydrogen-bond donors (Lipinski definition) is 3. The van der Waals surface area contributed by atoms with Crippen LogP contribution in [0.1, 0.15) is 20.3 Å². The van der Waals surface area contributed by atoms with Gasteiger partial charge in [0.25, 0.3) is 0 Å². The van der Waals surface area contributed by atoms with Crippen LogP contribution in [0.5, 0.6) is 0 Å². The molecule has 3 heteroatoms. The van der Waals surface area contributed by atoms with Gasteiger partial charge < -0.3 is 16.2 Å². The summed E-state index contributed by atoms with van der Waals surface area (Å²) in [7, 11) is 0. The van der Waals surface area contributed by atoms with Gasteiger partial charge in [-0.3, -0.25) is 0 Å². The highest BCUT2D eigenvalue weighted by Gasteiger charge is 2.10. The molecule has 3 nitrogen and oxygen atoms in total. The smallest absolute Gasteiger partial charge is 0.0632 e. The van der Waals surface area contributed by atoms with Gasteiger partial charge in [-0.2, -0.15) is 0 Å². The van der Waals surface area contributed by atoms with Crippen LogP contribution < -0.4 is 11.1 Å². The van der Waals surface area contributed by atoms with Crippen LogP contribution in [0.15, 0.2) is 24.3 Å². The molecule has 0 aromatic heterocycles. The third-order valence-corrected chi connectivity index (χ3v) is 2.30. The molecule has 0 aliphatic carbocycles. The number of nitrogen functional groups attached to an aromatic ring is 1. The summed E-state index contributed by atoms with van der Waals surface area (Å²) in [5.41, 5.74) is 7.43. The Balaban J connectivity index is 2.62. The van der Waals surface area contributed by atoms with Crippen molar-refractivity contribution in [2.45, 2.75) is 26.3 Å². The number of nitrogens with one attached hydrogen (secondary N) is 1. The van der Waals surface area contributed by atoms with Gasteiger partial charge in [-0.05, 0) is 24.5 Å². The van der Waals surface area contributed by atoms with Crippen LogP contribution in [0.2, 0.25) is 0 Å². The lowest BCUT2D eigenvalue weighted by Crippen LogP contribution is -2.25. The summed E-state index contributed by atoms with van der Waals surface area (Å²) in [5, 5.41) is 12.5. The Morgan fingerprint density at radius 1 is 1.33 bits per heavy atom. The van der Waals surface area contributed by atoms with Crippen molar-refractivity contribution in [3.05, 3.63) is 24.3 Å². The standard InChI is InChI=1S/C12H20N2O/c1-9(2)7-10(8-15)14-12-6-4-3-5-11(12)13/h3-6,9-10,14-15H,7-8,13H2,1-2H3/t10-/m1/s1. The Bertz CT molecular complexity index is 299. The van der Waals surface area contributed by atoms with E-state index >= 15 is 0 Å². The molecule has 0 radical (unpaired) electrons. The highest BCUT2D eigenvalue weighted by Crippen LogP contribution is 2.19. The van der Waals surface area contributed by atoms with Gasteiger partial charge in [-0.25, -0.2) is 0 Å². The quantitative estimate of drug-likeness (QED) is 0.649.